The Hall–Kier alpha value is -1.35. The number of nitrogens with one attached hydrogen (secondary N) is 1. The molecule has 0 bridgehead atoms. The molecule has 0 saturated heterocycles. The van der Waals surface area contributed by atoms with Crippen LogP contribution in [0.15, 0.2) is 24.3 Å². The maximum absolute atomic E-state index is 10.7. The lowest BCUT2D eigenvalue weighted by Gasteiger charge is -2.14. The normalized spacial score (nSPS) is 12.6. The molecule has 2 N–H and O–H groups in total. The van der Waals surface area contributed by atoms with Crippen LogP contribution in [0.4, 0.5) is 0 Å². The van der Waals surface area contributed by atoms with Crippen LogP contribution in [0.25, 0.3) is 0 Å². The summed E-state index contributed by atoms with van der Waals surface area (Å²) in [5.41, 5.74) is 1.47. The molecule has 0 saturated carbocycles. The quantitative estimate of drug-likeness (QED) is 0.752. The van der Waals surface area contributed by atoms with Crippen molar-refractivity contribution in [2.45, 2.75) is 52.6 Å². The predicted molar refractivity (Wildman–Crippen MR) is 78.4 cm³/mol. The van der Waals surface area contributed by atoms with E-state index in [2.05, 4.69) is 26.1 Å². The highest BCUT2D eigenvalue weighted by Crippen LogP contribution is 2.09. The number of rotatable bonds is 8. The van der Waals surface area contributed by atoms with Gasteiger partial charge in [0.15, 0.2) is 0 Å². The van der Waals surface area contributed by atoms with Crippen LogP contribution >= 0.6 is 0 Å². The first-order chi connectivity index (χ1) is 8.99. The van der Waals surface area contributed by atoms with Crippen molar-refractivity contribution in [1.82, 2.24) is 5.32 Å². The van der Waals surface area contributed by atoms with E-state index < -0.39 is 5.97 Å². The number of carboxylic acid groups (broad SMARTS) is 1. The number of carboxylic acids is 1. The minimum atomic E-state index is -0.874. The van der Waals surface area contributed by atoms with Gasteiger partial charge in [-0.2, -0.15) is 0 Å². The molecule has 1 atom stereocenters. The third-order valence-corrected chi connectivity index (χ3v) is 3.27. The highest BCUT2D eigenvalue weighted by molar-refractivity contribution is 5.87. The van der Waals surface area contributed by atoms with Crippen LogP contribution in [-0.4, -0.2) is 17.1 Å². The zero-order chi connectivity index (χ0) is 14.3. The van der Waals surface area contributed by atoms with E-state index in [1.165, 1.54) is 19.3 Å². The third-order valence-electron chi connectivity index (χ3n) is 3.27. The second-order valence-corrected chi connectivity index (χ2v) is 5.61. The standard InChI is InChI=1S/C16H25NO2/c1-12(2)5-4-6-13(3)17-11-14-7-9-15(10-8-14)16(18)19/h7-10,12-13,17H,4-6,11H2,1-3H3,(H,18,19). The number of hydrogen-bond donors (Lipinski definition) is 2. The first-order valence-electron chi connectivity index (χ1n) is 7.04. The molecule has 0 aromatic heterocycles. The Morgan fingerprint density at radius 3 is 2.32 bits per heavy atom. The molecule has 0 amide bonds. The van der Waals surface area contributed by atoms with Crippen LogP contribution in [0, 0.1) is 5.92 Å². The minimum absolute atomic E-state index is 0.341. The maximum atomic E-state index is 10.7. The largest absolute Gasteiger partial charge is 0.478 e. The van der Waals surface area contributed by atoms with E-state index >= 15 is 0 Å². The van der Waals surface area contributed by atoms with Crippen LogP contribution in [-0.2, 0) is 6.54 Å². The summed E-state index contributed by atoms with van der Waals surface area (Å²) < 4.78 is 0. The summed E-state index contributed by atoms with van der Waals surface area (Å²) in [7, 11) is 0. The van der Waals surface area contributed by atoms with Gasteiger partial charge in [-0.1, -0.05) is 38.8 Å². The van der Waals surface area contributed by atoms with Gasteiger partial charge in [-0.05, 0) is 37.0 Å². The molecular formula is C16H25NO2. The molecule has 0 fully saturated rings. The fourth-order valence-electron chi connectivity index (χ4n) is 1.99. The van der Waals surface area contributed by atoms with E-state index in [9.17, 15) is 4.79 Å². The highest BCUT2D eigenvalue weighted by Gasteiger charge is 2.04. The van der Waals surface area contributed by atoms with Crippen molar-refractivity contribution in [3.63, 3.8) is 0 Å². The van der Waals surface area contributed by atoms with Gasteiger partial charge in [0.05, 0.1) is 5.56 Å². The molecule has 0 aliphatic carbocycles. The fraction of sp³-hybridized carbons (Fsp3) is 0.562. The Morgan fingerprint density at radius 1 is 1.16 bits per heavy atom. The number of carbonyl (C=O) groups is 1. The zero-order valence-electron chi connectivity index (χ0n) is 12.1. The van der Waals surface area contributed by atoms with Gasteiger partial charge in [-0.15, -0.1) is 0 Å². The molecule has 3 nitrogen and oxygen atoms in total. The molecule has 3 heteroatoms. The summed E-state index contributed by atoms with van der Waals surface area (Å²) in [6.45, 7) is 7.50. The monoisotopic (exact) mass is 263 g/mol. The predicted octanol–water partition coefficient (Wildman–Crippen LogP) is 3.69. The Morgan fingerprint density at radius 2 is 1.79 bits per heavy atom. The van der Waals surface area contributed by atoms with Crippen LogP contribution in [0.5, 0.6) is 0 Å². The lowest BCUT2D eigenvalue weighted by Crippen LogP contribution is -2.25. The van der Waals surface area contributed by atoms with Gasteiger partial charge in [-0.3, -0.25) is 0 Å². The smallest absolute Gasteiger partial charge is 0.335 e. The molecule has 0 spiro atoms. The Balaban J connectivity index is 2.29. The van der Waals surface area contributed by atoms with Crippen molar-refractivity contribution in [3.05, 3.63) is 35.4 Å². The van der Waals surface area contributed by atoms with Crippen molar-refractivity contribution < 1.29 is 9.90 Å². The summed E-state index contributed by atoms with van der Waals surface area (Å²) in [5.74, 6) is -0.0997. The van der Waals surface area contributed by atoms with Gasteiger partial charge in [0.25, 0.3) is 0 Å². The van der Waals surface area contributed by atoms with Gasteiger partial charge in [0.1, 0.15) is 0 Å². The third kappa shape index (κ3) is 6.39. The van der Waals surface area contributed by atoms with E-state index in [1.54, 1.807) is 12.1 Å². The Bertz CT molecular complexity index is 384. The van der Waals surface area contributed by atoms with Crippen molar-refractivity contribution in [2.24, 2.45) is 5.92 Å². The SMILES string of the molecule is CC(C)CCCC(C)NCc1ccc(C(=O)O)cc1. The average molecular weight is 263 g/mol. The number of hydrogen-bond acceptors (Lipinski definition) is 2. The number of benzene rings is 1. The summed E-state index contributed by atoms with van der Waals surface area (Å²) >= 11 is 0. The molecule has 1 aromatic rings. The molecule has 1 rings (SSSR count). The Kier molecular flexibility index (Phi) is 6.57. The van der Waals surface area contributed by atoms with Crippen molar-refractivity contribution in [2.75, 3.05) is 0 Å². The summed E-state index contributed by atoms with van der Waals surface area (Å²) in [5, 5.41) is 12.3. The molecule has 0 heterocycles. The molecule has 106 valence electrons. The molecular weight excluding hydrogens is 238 g/mol. The summed E-state index contributed by atoms with van der Waals surface area (Å²) in [4.78, 5) is 10.7. The van der Waals surface area contributed by atoms with E-state index in [-0.39, 0.29) is 0 Å². The summed E-state index contributed by atoms with van der Waals surface area (Å²) in [6, 6.07) is 7.55. The lowest BCUT2D eigenvalue weighted by atomic mass is 10.0. The van der Waals surface area contributed by atoms with Gasteiger partial charge < -0.3 is 10.4 Å². The maximum Gasteiger partial charge on any atom is 0.335 e. The van der Waals surface area contributed by atoms with Crippen molar-refractivity contribution in [3.8, 4) is 0 Å². The van der Waals surface area contributed by atoms with E-state index in [4.69, 9.17) is 5.11 Å². The van der Waals surface area contributed by atoms with Crippen LogP contribution in [0.3, 0.4) is 0 Å². The molecule has 0 aliphatic rings. The van der Waals surface area contributed by atoms with Gasteiger partial charge >= 0.3 is 5.97 Å². The second-order valence-electron chi connectivity index (χ2n) is 5.61. The fourth-order valence-corrected chi connectivity index (χ4v) is 1.99. The molecule has 1 unspecified atom stereocenters. The minimum Gasteiger partial charge on any atom is -0.478 e. The molecule has 1 aromatic carbocycles. The van der Waals surface area contributed by atoms with Crippen LogP contribution in [0.1, 0.15) is 56.0 Å². The first kappa shape index (κ1) is 15.7. The molecule has 0 radical (unpaired) electrons. The number of aromatic carboxylic acids is 1. The second kappa shape index (κ2) is 7.95. The van der Waals surface area contributed by atoms with Crippen LogP contribution < -0.4 is 5.32 Å². The van der Waals surface area contributed by atoms with Gasteiger partial charge in [-0.25, -0.2) is 4.79 Å². The molecule has 19 heavy (non-hydrogen) atoms. The highest BCUT2D eigenvalue weighted by atomic mass is 16.4. The van der Waals surface area contributed by atoms with E-state index in [1.807, 2.05) is 12.1 Å². The molecule has 0 aliphatic heterocycles. The summed E-state index contributed by atoms with van der Waals surface area (Å²) in [6.07, 6.45) is 3.72. The van der Waals surface area contributed by atoms with E-state index in [0.717, 1.165) is 18.0 Å². The lowest BCUT2D eigenvalue weighted by molar-refractivity contribution is 0.0697. The average Bonchev–Trinajstić information content (AvgIpc) is 2.36. The zero-order valence-corrected chi connectivity index (χ0v) is 12.1. The van der Waals surface area contributed by atoms with Gasteiger partial charge in [0.2, 0.25) is 0 Å². The Labute approximate surface area is 116 Å². The van der Waals surface area contributed by atoms with Crippen LogP contribution in [0.2, 0.25) is 0 Å². The first-order valence-corrected chi connectivity index (χ1v) is 7.04. The van der Waals surface area contributed by atoms with E-state index in [0.29, 0.717) is 11.6 Å². The van der Waals surface area contributed by atoms with Gasteiger partial charge in [0, 0.05) is 12.6 Å². The van der Waals surface area contributed by atoms with Crippen molar-refractivity contribution >= 4 is 5.97 Å². The topological polar surface area (TPSA) is 49.3 Å². The van der Waals surface area contributed by atoms with Crippen molar-refractivity contribution in [1.29, 1.82) is 0 Å².